The number of aryl methyl sites for hydroxylation is 1. The minimum absolute atomic E-state index is 0.0929. The van der Waals surface area contributed by atoms with Crippen LogP contribution >= 0.6 is 0 Å². The number of amides is 2. The van der Waals surface area contributed by atoms with Crippen LogP contribution in [0, 0.1) is 18.3 Å². The van der Waals surface area contributed by atoms with Crippen LogP contribution < -0.4 is 10.6 Å². The largest absolute Gasteiger partial charge is 0.341 e. The van der Waals surface area contributed by atoms with Gasteiger partial charge in [0.25, 0.3) is 5.91 Å². The van der Waals surface area contributed by atoms with Gasteiger partial charge in [-0.15, -0.1) is 0 Å². The maximum atomic E-state index is 12.3. The summed E-state index contributed by atoms with van der Waals surface area (Å²) in [6.45, 7) is 1.88. The third-order valence-electron chi connectivity index (χ3n) is 3.52. The average Bonchev–Trinajstić information content (AvgIpc) is 2.59. The van der Waals surface area contributed by atoms with Crippen LogP contribution in [0.2, 0.25) is 0 Å². The first kappa shape index (κ1) is 17.2. The zero-order valence-corrected chi connectivity index (χ0v) is 13.5. The number of carbonyl (C=O) groups excluding carboxylic acids is 2. The Morgan fingerprint density at radius 1 is 1.12 bits per heavy atom. The van der Waals surface area contributed by atoms with E-state index >= 15 is 0 Å². The molecule has 0 heterocycles. The summed E-state index contributed by atoms with van der Waals surface area (Å²) in [6.07, 6.45) is 0.359. The van der Waals surface area contributed by atoms with E-state index in [1.807, 2.05) is 43.3 Å². The molecule has 0 spiro atoms. The molecule has 5 heteroatoms. The maximum Gasteiger partial charge on any atom is 0.251 e. The molecule has 0 aliphatic carbocycles. The first-order valence-corrected chi connectivity index (χ1v) is 7.66. The van der Waals surface area contributed by atoms with E-state index in [9.17, 15) is 9.59 Å². The van der Waals surface area contributed by atoms with Crippen LogP contribution in [0.3, 0.4) is 0 Å². The molecule has 0 radical (unpaired) electrons. The van der Waals surface area contributed by atoms with Gasteiger partial charge in [0.1, 0.15) is 12.6 Å². The van der Waals surface area contributed by atoms with Crippen LogP contribution in [-0.2, 0) is 11.2 Å². The monoisotopic (exact) mass is 321 g/mol. The van der Waals surface area contributed by atoms with Crippen LogP contribution in [0.5, 0.6) is 0 Å². The fourth-order valence-corrected chi connectivity index (χ4v) is 2.37. The van der Waals surface area contributed by atoms with E-state index in [1.165, 1.54) is 0 Å². The lowest BCUT2D eigenvalue weighted by atomic mass is 10.0. The second-order valence-electron chi connectivity index (χ2n) is 5.46. The van der Waals surface area contributed by atoms with Crippen molar-refractivity contribution in [3.05, 3.63) is 71.3 Å². The van der Waals surface area contributed by atoms with Gasteiger partial charge in [0.15, 0.2) is 0 Å². The van der Waals surface area contributed by atoms with Gasteiger partial charge in [0, 0.05) is 12.0 Å². The van der Waals surface area contributed by atoms with Crippen molar-refractivity contribution in [3.8, 4) is 6.07 Å². The number of hydrogen-bond acceptors (Lipinski definition) is 3. The Morgan fingerprint density at radius 2 is 1.88 bits per heavy atom. The van der Waals surface area contributed by atoms with E-state index in [1.54, 1.807) is 24.3 Å². The zero-order valence-electron chi connectivity index (χ0n) is 13.5. The molecule has 0 saturated carbocycles. The summed E-state index contributed by atoms with van der Waals surface area (Å²) < 4.78 is 0. The van der Waals surface area contributed by atoms with Crippen molar-refractivity contribution in [1.29, 1.82) is 5.26 Å². The molecule has 2 N–H and O–H groups in total. The number of carbonyl (C=O) groups is 2. The Balaban J connectivity index is 2.14. The molecule has 0 aliphatic rings. The van der Waals surface area contributed by atoms with Gasteiger partial charge in [-0.3, -0.25) is 9.59 Å². The van der Waals surface area contributed by atoms with E-state index in [0.717, 1.165) is 11.1 Å². The molecular formula is C19H19N3O2. The molecule has 0 bridgehead atoms. The van der Waals surface area contributed by atoms with Gasteiger partial charge in [-0.1, -0.05) is 48.0 Å². The molecule has 2 aromatic carbocycles. The van der Waals surface area contributed by atoms with Crippen molar-refractivity contribution in [2.24, 2.45) is 0 Å². The molecule has 5 nitrogen and oxygen atoms in total. The second kappa shape index (κ2) is 8.49. The summed E-state index contributed by atoms with van der Waals surface area (Å²) in [5.74, 6) is -0.692. The first-order chi connectivity index (χ1) is 11.6. The molecule has 0 unspecified atom stereocenters. The smallest absolute Gasteiger partial charge is 0.251 e. The number of nitrogens with one attached hydrogen (secondary N) is 2. The van der Waals surface area contributed by atoms with E-state index in [2.05, 4.69) is 10.6 Å². The van der Waals surface area contributed by atoms with Gasteiger partial charge in [0.2, 0.25) is 5.91 Å². The molecule has 24 heavy (non-hydrogen) atoms. The highest BCUT2D eigenvalue weighted by Gasteiger charge is 2.21. The SMILES string of the molecule is Cc1cccc(C[C@@H](NC(=O)c2ccccc2)C(=O)NCC#N)c1. The van der Waals surface area contributed by atoms with Crippen LogP contribution in [0.25, 0.3) is 0 Å². The molecule has 2 amide bonds. The Bertz CT molecular complexity index is 751. The number of nitrogens with zero attached hydrogens (tertiary/aromatic N) is 1. The van der Waals surface area contributed by atoms with Crippen molar-refractivity contribution >= 4 is 11.8 Å². The van der Waals surface area contributed by atoms with E-state index in [-0.39, 0.29) is 18.4 Å². The minimum Gasteiger partial charge on any atom is -0.341 e. The van der Waals surface area contributed by atoms with Gasteiger partial charge in [-0.25, -0.2) is 0 Å². The summed E-state index contributed by atoms with van der Waals surface area (Å²) in [6, 6.07) is 17.6. The van der Waals surface area contributed by atoms with Crippen LogP contribution in [0.4, 0.5) is 0 Å². The summed E-state index contributed by atoms with van der Waals surface area (Å²) in [7, 11) is 0. The molecule has 0 aliphatic heterocycles. The average molecular weight is 321 g/mol. The van der Waals surface area contributed by atoms with Crippen LogP contribution in [0.1, 0.15) is 21.5 Å². The van der Waals surface area contributed by atoms with Gasteiger partial charge < -0.3 is 10.6 Å². The number of hydrogen-bond donors (Lipinski definition) is 2. The molecule has 0 aromatic heterocycles. The molecule has 1 atom stereocenters. The summed E-state index contributed by atoms with van der Waals surface area (Å²) in [4.78, 5) is 24.6. The summed E-state index contributed by atoms with van der Waals surface area (Å²) in [5.41, 5.74) is 2.51. The number of benzene rings is 2. The Kier molecular flexibility index (Phi) is 6.09. The van der Waals surface area contributed by atoms with Gasteiger partial charge in [0.05, 0.1) is 6.07 Å². The third kappa shape index (κ3) is 4.96. The molecular weight excluding hydrogens is 302 g/mol. The fraction of sp³-hybridized carbons (Fsp3) is 0.211. The quantitative estimate of drug-likeness (QED) is 0.798. The Morgan fingerprint density at radius 3 is 2.54 bits per heavy atom. The lowest BCUT2D eigenvalue weighted by Crippen LogP contribution is -2.48. The van der Waals surface area contributed by atoms with Crippen molar-refractivity contribution in [1.82, 2.24) is 10.6 Å². The molecule has 0 saturated heterocycles. The van der Waals surface area contributed by atoms with Crippen LogP contribution in [0.15, 0.2) is 54.6 Å². The van der Waals surface area contributed by atoms with Gasteiger partial charge in [-0.05, 0) is 24.6 Å². The highest BCUT2D eigenvalue weighted by atomic mass is 16.2. The topological polar surface area (TPSA) is 82.0 Å². The minimum atomic E-state index is -0.743. The maximum absolute atomic E-state index is 12.3. The Labute approximate surface area is 141 Å². The lowest BCUT2D eigenvalue weighted by Gasteiger charge is -2.18. The van der Waals surface area contributed by atoms with Crippen molar-refractivity contribution in [2.75, 3.05) is 6.54 Å². The van der Waals surface area contributed by atoms with Gasteiger partial charge >= 0.3 is 0 Å². The normalized spacial score (nSPS) is 11.2. The van der Waals surface area contributed by atoms with Crippen molar-refractivity contribution in [3.63, 3.8) is 0 Å². The standard InChI is InChI=1S/C19H19N3O2/c1-14-6-5-7-15(12-14)13-17(19(24)21-11-10-20)22-18(23)16-8-3-2-4-9-16/h2-9,12,17H,11,13H2,1H3,(H,21,24)(H,22,23)/t17-/m1/s1. The van der Waals surface area contributed by atoms with Crippen LogP contribution in [-0.4, -0.2) is 24.4 Å². The molecule has 2 aromatic rings. The van der Waals surface area contributed by atoms with E-state index in [0.29, 0.717) is 12.0 Å². The summed E-state index contributed by atoms with van der Waals surface area (Å²) in [5, 5.41) is 13.9. The third-order valence-corrected chi connectivity index (χ3v) is 3.52. The molecule has 122 valence electrons. The van der Waals surface area contributed by atoms with Crippen molar-refractivity contribution in [2.45, 2.75) is 19.4 Å². The number of nitriles is 1. The summed E-state index contributed by atoms with van der Waals surface area (Å²) >= 11 is 0. The van der Waals surface area contributed by atoms with Gasteiger partial charge in [-0.2, -0.15) is 5.26 Å². The predicted octanol–water partition coefficient (Wildman–Crippen LogP) is 1.98. The molecule has 2 rings (SSSR count). The second-order valence-corrected chi connectivity index (χ2v) is 5.46. The fourth-order valence-electron chi connectivity index (χ4n) is 2.37. The number of rotatable bonds is 6. The predicted molar refractivity (Wildman–Crippen MR) is 91.2 cm³/mol. The Hall–Kier alpha value is -3.13. The molecule has 0 fully saturated rings. The highest BCUT2D eigenvalue weighted by Crippen LogP contribution is 2.08. The lowest BCUT2D eigenvalue weighted by molar-refractivity contribution is -0.122. The van der Waals surface area contributed by atoms with Crippen molar-refractivity contribution < 1.29 is 9.59 Å². The van der Waals surface area contributed by atoms with E-state index in [4.69, 9.17) is 5.26 Å². The first-order valence-electron chi connectivity index (χ1n) is 7.66. The van der Waals surface area contributed by atoms with E-state index < -0.39 is 6.04 Å². The highest BCUT2D eigenvalue weighted by molar-refractivity contribution is 5.97. The zero-order chi connectivity index (χ0) is 17.4.